The third kappa shape index (κ3) is 10.5. The SMILES string of the molecule is NC(=O)CC[C@H](NB(c1ccccc1)c1ccc(Oc2ccc(B(N[C@@H](CCC(N)=O)C(=O)O)c3ccccc3CO)cc2)cc1)C(=O)O. The molecule has 0 unspecified atom stereocenters. The number of primary amides is 2. The van der Waals surface area contributed by atoms with Crippen LogP contribution in [0.15, 0.2) is 103 Å². The minimum Gasteiger partial charge on any atom is -0.480 e. The first kappa shape index (κ1) is 36.4. The van der Waals surface area contributed by atoms with Crippen LogP contribution in [0.3, 0.4) is 0 Å². The van der Waals surface area contributed by atoms with Crippen molar-refractivity contribution < 1.29 is 39.2 Å². The Morgan fingerprint density at radius 3 is 1.51 bits per heavy atom. The monoisotopic (exact) mass is 664 g/mol. The molecule has 0 bridgehead atoms. The van der Waals surface area contributed by atoms with Crippen LogP contribution in [0, 0.1) is 0 Å². The molecule has 0 saturated carbocycles. The Kier molecular flexibility index (Phi) is 13.1. The van der Waals surface area contributed by atoms with Gasteiger partial charge < -0.3 is 42.0 Å². The molecule has 4 rings (SSSR count). The molecular formula is C35H38B2N4O8. The van der Waals surface area contributed by atoms with Gasteiger partial charge in [0.15, 0.2) is 0 Å². The quantitative estimate of drug-likeness (QED) is 0.0656. The van der Waals surface area contributed by atoms with E-state index in [2.05, 4.69) is 10.5 Å². The average molecular weight is 664 g/mol. The molecule has 0 aromatic heterocycles. The highest BCUT2D eigenvalue weighted by Crippen LogP contribution is 2.20. The van der Waals surface area contributed by atoms with E-state index >= 15 is 0 Å². The van der Waals surface area contributed by atoms with Crippen molar-refractivity contribution in [2.24, 2.45) is 11.5 Å². The van der Waals surface area contributed by atoms with Crippen molar-refractivity contribution in [2.75, 3.05) is 0 Å². The van der Waals surface area contributed by atoms with E-state index in [1.165, 1.54) is 0 Å². The zero-order valence-electron chi connectivity index (χ0n) is 26.7. The van der Waals surface area contributed by atoms with E-state index in [0.29, 0.717) is 28.0 Å². The number of nitrogens with one attached hydrogen (secondary N) is 2. The Bertz CT molecular complexity index is 1730. The smallest absolute Gasteiger partial charge is 0.319 e. The van der Waals surface area contributed by atoms with E-state index in [1.807, 2.05) is 42.5 Å². The summed E-state index contributed by atoms with van der Waals surface area (Å²) >= 11 is 0. The van der Waals surface area contributed by atoms with Gasteiger partial charge in [0.2, 0.25) is 11.8 Å². The zero-order valence-corrected chi connectivity index (χ0v) is 26.7. The predicted octanol–water partition coefficient (Wildman–Crippen LogP) is -0.201. The minimum atomic E-state index is -1.13. The fraction of sp³-hybridized carbons (Fsp3) is 0.200. The molecule has 4 aromatic rings. The van der Waals surface area contributed by atoms with Crippen LogP contribution in [-0.4, -0.2) is 64.9 Å². The number of aliphatic hydroxyl groups excluding tert-OH is 1. The lowest BCUT2D eigenvalue weighted by atomic mass is 9.49. The lowest BCUT2D eigenvalue weighted by Crippen LogP contribution is -2.60. The number of aliphatic hydroxyl groups is 1. The predicted molar refractivity (Wildman–Crippen MR) is 188 cm³/mol. The van der Waals surface area contributed by atoms with Crippen LogP contribution >= 0.6 is 0 Å². The molecule has 2 amide bonds. The molecule has 0 saturated heterocycles. The summed E-state index contributed by atoms with van der Waals surface area (Å²) in [5.41, 5.74) is 14.2. The second-order valence-electron chi connectivity index (χ2n) is 11.5. The molecule has 49 heavy (non-hydrogen) atoms. The molecular weight excluding hydrogens is 626 g/mol. The topological polar surface area (TPSA) is 214 Å². The lowest BCUT2D eigenvalue weighted by molar-refractivity contribution is -0.140. The van der Waals surface area contributed by atoms with Crippen LogP contribution in [0.25, 0.3) is 0 Å². The van der Waals surface area contributed by atoms with Gasteiger partial charge in [-0.3, -0.25) is 19.2 Å². The average Bonchev–Trinajstić information content (AvgIpc) is 3.09. The maximum Gasteiger partial charge on any atom is 0.319 e. The van der Waals surface area contributed by atoms with Gasteiger partial charge in [0.1, 0.15) is 11.5 Å². The van der Waals surface area contributed by atoms with Crippen LogP contribution in [0.4, 0.5) is 0 Å². The van der Waals surface area contributed by atoms with Crippen LogP contribution in [0.1, 0.15) is 31.2 Å². The van der Waals surface area contributed by atoms with Crippen molar-refractivity contribution in [1.82, 2.24) is 10.5 Å². The van der Waals surface area contributed by atoms with Crippen molar-refractivity contribution >= 4 is 59.3 Å². The second-order valence-corrected chi connectivity index (χ2v) is 11.5. The molecule has 2 atom stereocenters. The zero-order chi connectivity index (χ0) is 35.3. The van der Waals surface area contributed by atoms with Gasteiger partial charge in [-0.15, -0.1) is 0 Å². The number of rotatable bonds is 19. The number of amides is 2. The first-order valence-corrected chi connectivity index (χ1v) is 15.7. The number of carbonyl (C=O) groups is 4. The number of ether oxygens (including phenoxy) is 1. The largest absolute Gasteiger partial charge is 0.480 e. The van der Waals surface area contributed by atoms with E-state index in [0.717, 1.165) is 10.9 Å². The van der Waals surface area contributed by atoms with Crippen molar-refractivity contribution in [3.05, 3.63) is 109 Å². The van der Waals surface area contributed by atoms with Gasteiger partial charge in [0, 0.05) is 12.8 Å². The van der Waals surface area contributed by atoms with E-state index in [4.69, 9.17) is 16.2 Å². The summed E-state index contributed by atoms with van der Waals surface area (Å²) in [7, 11) is 0. The third-order valence-corrected chi connectivity index (χ3v) is 8.02. The van der Waals surface area contributed by atoms with Crippen molar-refractivity contribution in [2.45, 2.75) is 44.4 Å². The maximum atomic E-state index is 12.1. The molecule has 0 aliphatic rings. The summed E-state index contributed by atoms with van der Waals surface area (Å²) in [6.07, 6.45) is -0.152. The van der Waals surface area contributed by atoms with E-state index in [1.54, 1.807) is 60.7 Å². The van der Waals surface area contributed by atoms with Gasteiger partial charge in [0.05, 0.1) is 18.7 Å². The molecule has 12 nitrogen and oxygen atoms in total. The van der Waals surface area contributed by atoms with Crippen LogP contribution in [0.2, 0.25) is 0 Å². The van der Waals surface area contributed by atoms with Gasteiger partial charge in [-0.25, -0.2) is 0 Å². The van der Waals surface area contributed by atoms with E-state index < -0.39 is 49.5 Å². The standard InChI is InChI=1S/C35H38B2N4O8/c38-32(43)20-18-30(34(45)46)40-36(24-7-2-1-3-8-24)25-10-14-27(15-11-25)49-28-16-12-26(13-17-28)37(29-9-5-4-6-23(29)22-42)41-31(35(47)48)19-21-33(39)44/h1-17,30-31,40-42H,18-22H2,(H2,38,43)(H2,39,44)(H,45,46)(H,47,48)/t30-,31-/m0/s1. The second kappa shape index (κ2) is 17.6. The van der Waals surface area contributed by atoms with Crippen molar-refractivity contribution in [3.63, 3.8) is 0 Å². The van der Waals surface area contributed by atoms with Gasteiger partial charge in [0.25, 0.3) is 13.7 Å². The summed E-state index contributed by atoms with van der Waals surface area (Å²) in [6, 6.07) is 28.6. The third-order valence-electron chi connectivity index (χ3n) is 8.02. The number of carbonyl (C=O) groups excluding carboxylic acids is 2. The molecule has 9 N–H and O–H groups in total. The molecule has 0 spiro atoms. The summed E-state index contributed by atoms with van der Waals surface area (Å²) in [4.78, 5) is 46.8. The number of aliphatic carboxylic acids is 2. The highest BCUT2D eigenvalue weighted by atomic mass is 16.5. The fourth-order valence-electron chi connectivity index (χ4n) is 5.48. The number of nitrogens with two attached hydrogens (primary N) is 2. The summed E-state index contributed by atoms with van der Waals surface area (Å²) < 4.78 is 6.10. The number of benzene rings is 4. The van der Waals surface area contributed by atoms with Gasteiger partial charge in [-0.2, -0.15) is 0 Å². The molecule has 0 aliphatic heterocycles. The Labute approximate surface area is 284 Å². The molecule has 252 valence electrons. The Morgan fingerprint density at radius 1 is 0.612 bits per heavy atom. The first-order valence-electron chi connectivity index (χ1n) is 15.7. The van der Waals surface area contributed by atoms with Gasteiger partial charge in [-0.1, -0.05) is 101 Å². The van der Waals surface area contributed by atoms with E-state index in [-0.39, 0.29) is 32.3 Å². The summed E-state index contributed by atoms with van der Waals surface area (Å²) in [5.74, 6) is -2.39. The molecule has 0 radical (unpaired) electrons. The Hall–Kier alpha value is -5.43. The molecule has 14 heteroatoms. The Balaban J connectivity index is 1.56. The maximum absolute atomic E-state index is 12.1. The highest BCUT2D eigenvalue weighted by Gasteiger charge is 2.30. The van der Waals surface area contributed by atoms with Crippen LogP contribution in [0.5, 0.6) is 11.5 Å². The van der Waals surface area contributed by atoms with Crippen LogP contribution < -0.4 is 48.5 Å². The van der Waals surface area contributed by atoms with Crippen LogP contribution in [-0.2, 0) is 25.8 Å². The highest BCUT2D eigenvalue weighted by molar-refractivity contribution is 6.84. The number of hydrogen-bond acceptors (Lipinski definition) is 8. The Morgan fingerprint density at radius 2 is 1.04 bits per heavy atom. The molecule has 4 aromatic carbocycles. The van der Waals surface area contributed by atoms with Gasteiger partial charge >= 0.3 is 11.9 Å². The van der Waals surface area contributed by atoms with Crippen molar-refractivity contribution in [3.8, 4) is 11.5 Å². The lowest BCUT2D eigenvalue weighted by Gasteiger charge is -2.23. The van der Waals surface area contributed by atoms with E-state index in [9.17, 15) is 34.5 Å². The summed E-state index contributed by atoms with van der Waals surface area (Å²) in [5, 5.41) is 35.9. The normalized spacial score (nSPS) is 12.0. The summed E-state index contributed by atoms with van der Waals surface area (Å²) in [6.45, 7) is -1.38. The molecule has 0 aliphatic carbocycles. The fourth-order valence-corrected chi connectivity index (χ4v) is 5.48. The van der Waals surface area contributed by atoms with Crippen molar-refractivity contribution in [1.29, 1.82) is 0 Å². The number of carboxylic acid groups (broad SMARTS) is 2. The molecule has 0 fully saturated rings. The number of hydrogen-bond donors (Lipinski definition) is 7. The number of carboxylic acids is 2. The first-order chi connectivity index (χ1) is 23.5. The van der Waals surface area contributed by atoms with Gasteiger partial charge in [-0.05, 0) is 42.7 Å². The molecule has 0 heterocycles. The minimum absolute atomic E-state index is 0.00929.